The Morgan fingerprint density at radius 1 is 1.03 bits per heavy atom. The molecule has 8 nitrogen and oxygen atoms in total. The lowest BCUT2D eigenvalue weighted by Crippen LogP contribution is -2.14. The van der Waals surface area contributed by atoms with Crippen LogP contribution in [0.3, 0.4) is 0 Å². The quantitative estimate of drug-likeness (QED) is 0.441. The molecule has 0 atom stereocenters. The second-order valence-electron chi connectivity index (χ2n) is 6.74. The summed E-state index contributed by atoms with van der Waals surface area (Å²) in [5.41, 5.74) is 3.27. The predicted octanol–water partition coefficient (Wildman–Crippen LogP) is 3.85. The average Bonchev–Trinajstić information content (AvgIpc) is 3.20. The van der Waals surface area contributed by atoms with Crippen LogP contribution in [0.25, 0.3) is 17.0 Å². The highest BCUT2D eigenvalue weighted by Gasteiger charge is 2.14. The van der Waals surface area contributed by atoms with Gasteiger partial charge in [-0.05, 0) is 55.0 Å². The van der Waals surface area contributed by atoms with Crippen molar-refractivity contribution in [3.63, 3.8) is 0 Å². The van der Waals surface area contributed by atoms with Crippen molar-refractivity contribution in [1.29, 1.82) is 0 Å². The first-order valence-corrected chi connectivity index (χ1v) is 10.5. The second kappa shape index (κ2) is 9.05. The number of aryl methyl sites for hydroxylation is 1. The van der Waals surface area contributed by atoms with Gasteiger partial charge in [-0.2, -0.15) is 9.61 Å². The number of thioether (sulfide) groups is 1. The molecule has 0 bridgehead atoms. The van der Waals surface area contributed by atoms with E-state index < -0.39 is 0 Å². The van der Waals surface area contributed by atoms with Crippen molar-refractivity contribution >= 4 is 29.0 Å². The summed E-state index contributed by atoms with van der Waals surface area (Å²) in [4.78, 5) is 12.3. The second-order valence-corrected chi connectivity index (χ2v) is 7.74. The van der Waals surface area contributed by atoms with Crippen LogP contribution in [0.5, 0.6) is 11.5 Å². The van der Waals surface area contributed by atoms with Crippen molar-refractivity contribution in [2.75, 3.05) is 25.3 Å². The third-order valence-corrected chi connectivity index (χ3v) is 5.45. The molecule has 9 heteroatoms. The van der Waals surface area contributed by atoms with E-state index in [1.807, 2.05) is 61.5 Å². The lowest BCUT2D eigenvalue weighted by atomic mass is 10.2. The fraction of sp³-hybridized carbons (Fsp3) is 0.182. The molecule has 2 aromatic carbocycles. The normalized spacial score (nSPS) is 10.8. The summed E-state index contributed by atoms with van der Waals surface area (Å²) < 4.78 is 12.3. The topological polar surface area (TPSA) is 90.6 Å². The van der Waals surface area contributed by atoms with Gasteiger partial charge < -0.3 is 14.8 Å². The first kappa shape index (κ1) is 20.7. The van der Waals surface area contributed by atoms with Gasteiger partial charge in [0.1, 0.15) is 5.03 Å². The molecule has 0 aliphatic rings. The molecule has 1 N–H and O–H groups in total. The number of ether oxygens (including phenoxy) is 2. The van der Waals surface area contributed by atoms with Crippen molar-refractivity contribution in [3.05, 3.63) is 60.2 Å². The van der Waals surface area contributed by atoms with Crippen LogP contribution in [-0.2, 0) is 4.79 Å². The fourth-order valence-electron chi connectivity index (χ4n) is 3.06. The van der Waals surface area contributed by atoms with Gasteiger partial charge in [-0.3, -0.25) is 4.79 Å². The molecule has 0 aliphatic heterocycles. The molecule has 1 amide bonds. The number of hydrogen-bond donors (Lipinski definition) is 1. The fourth-order valence-corrected chi connectivity index (χ4v) is 3.72. The maximum atomic E-state index is 12.3. The van der Waals surface area contributed by atoms with E-state index in [0.717, 1.165) is 16.8 Å². The summed E-state index contributed by atoms with van der Waals surface area (Å²) in [7, 11) is 3.17. The minimum Gasteiger partial charge on any atom is -0.493 e. The smallest absolute Gasteiger partial charge is 0.234 e. The predicted molar refractivity (Wildman–Crippen MR) is 120 cm³/mol. The van der Waals surface area contributed by atoms with Gasteiger partial charge in [0.15, 0.2) is 23.0 Å². The number of carbonyl (C=O) groups is 1. The molecule has 0 radical (unpaired) electrons. The first-order chi connectivity index (χ1) is 15.1. The maximum absolute atomic E-state index is 12.3. The zero-order chi connectivity index (χ0) is 21.8. The number of hydrogen-bond acceptors (Lipinski definition) is 7. The van der Waals surface area contributed by atoms with Crippen LogP contribution in [0, 0.1) is 6.92 Å². The van der Waals surface area contributed by atoms with Crippen LogP contribution in [0.15, 0.2) is 59.6 Å². The van der Waals surface area contributed by atoms with E-state index in [2.05, 4.69) is 20.6 Å². The number of methoxy groups -OCH3 is 2. The monoisotopic (exact) mass is 435 g/mol. The Kier molecular flexibility index (Phi) is 6.03. The van der Waals surface area contributed by atoms with E-state index in [9.17, 15) is 4.79 Å². The van der Waals surface area contributed by atoms with Crippen LogP contribution >= 0.6 is 11.8 Å². The highest BCUT2D eigenvalue weighted by Crippen LogP contribution is 2.31. The van der Waals surface area contributed by atoms with Gasteiger partial charge in [0.25, 0.3) is 0 Å². The van der Waals surface area contributed by atoms with Crippen molar-refractivity contribution in [2.24, 2.45) is 0 Å². The summed E-state index contributed by atoms with van der Waals surface area (Å²) >= 11 is 1.34. The summed E-state index contributed by atoms with van der Waals surface area (Å²) in [6.45, 7) is 1.98. The molecule has 0 saturated carbocycles. The van der Waals surface area contributed by atoms with E-state index in [1.54, 1.807) is 18.7 Å². The van der Waals surface area contributed by atoms with Crippen LogP contribution in [-0.4, -0.2) is 45.7 Å². The molecule has 31 heavy (non-hydrogen) atoms. The third-order valence-electron chi connectivity index (χ3n) is 4.53. The molecule has 0 aliphatic carbocycles. The van der Waals surface area contributed by atoms with Gasteiger partial charge >= 0.3 is 0 Å². The number of fused-ring (bicyclic) bond motifs is 1. The van der Waals surface area contributed by atoms with Crippen molar-refractivity contribution in [3.8, 4) is 22.9 Å². The van der Waals surface area contributed by atoms with E-state index in [4.69, 9.17) is 9.47 Å². The Bertz CT molecular complexity index is 1240. The lowest BCUT2D eigenvalue weighted by molar-refractivity contribution is -0.113. The SMILES string of the molecule is COc1ccc(-c2nnc3ccc(SCC(=O)Nc4cccc(C)c4)nn23)cc1OC. The van der Waals surface area contributed by atoms with Gasteiger partial charge in [-0.1, -0.05) is 23.9 Å². The summed E-state index contributed by atoms with van der Waals surface area (Å²) in [5.74, 6) is 1.93. The molecule has 0 spiro atoms. The zero-order valence-corrected chi connectivity index (χ0v) is 18.1. The Labute approximate surface area is 183 Å². The Morgan fingerprint density at radius 3 is 2.65 bits per heavy atom. The number of amides is 1. The highest BCUT2D eigenvalue weighted by molar-refractivity contribution is 7.99. The minimum atomic E-state index is -0.0960. The van der Waals surface area contributed by atoms with Crippen LogP contribution in [0.4, 0.5) is 5.69 Å². The summed E-state index contributed by atoms with van der Waals surface area (Å²) in [6.07, 6.45) is 0. The zero-order valence-electron chi connectivity index (χ0n) is 17.3. The van der Waals surface area contributed by atoms with E-state index in [0.29, 0.717) is 28.0 Å². The molecule has 4 aromatic rings. The van der Waals surface area contributed by atoms with Crippen molar-refractivity contribution in [1.82, 2.24) is 19.8 Å². The van der Waals surface area contributed by atoms with Gasteiger partial charge in [-0.15, -0.1) is 10.2 Å². The summed E-state index contributed by atoms with van der Waals surface area (Å²) in [5, 5.41) is 16.6. The number of nitrogens with one attached hydrogen (secondary N) is 1. The summed E-state index contributed by atoms with van der Waals surface area (Å²) in [6, 6.07) is 16.8. The first-order valence-electron chi connectivity index (χ1n) is 9.51. The minimum absolute atomic E-state index is 0.0960. The van der Waals surface area contributed by atoms with Gasteiger partial charge in [0.2, 0.25) is 5.91 Å². The molecule has 2 heterocycles. The molecule has 0 saturated heterocycles. The number of anilines is 1. The number of benzene rings is 2. The number of aromatic nitrogens is 4. The number of rotatable bonds is 7. The molecule has 2 aromatic heterocycles. The van der Waals surface area contributed by atoms with Crippen LogP contribution < -0.4 is 14.8 Å². The molecular formula is C22H21N5O3S. The lowest BCUT2D eigenvalue weighted by Gasteiger charge is -2.09. The molecular weight excluding hydrogens is 414 g/mol. The van der Waals surface area contributed by atoms with Crippen LogP contribution in [0.1, 0.15) is 5.56 Å². The Hall–Kier alpha value is -3.59. The largest absolute Gasteiger partial charge is 0.493 e. The highest BCUT2D eigenvalue weighted by atomic mass is 32.2. The molecule has 158 valence electrons. The van der Waals surface area contributed by atoms with Gasteiger partial charge in [0, 0.05) is 11.3 Å². The average molecular weight is 436 g/mol. The van der Waals surface area contributed by atoms with Crippen molar-refractivity contribution in [2.45, 2.75) is 11.9 Å². The third kappa shape index (κ3) is 4.61. The van der Waals surface area contributed by atoms with E-state index >= 15 is 0 Å². The maximum Gasteiger partial charge on any atom is 0.234 e. The molecule has 0 fully saturated rings. The Balaban J connectivity index is 1.52. The van der Waals surface area contributed by atoms with Crippen LogP contribution in [0.2, 0.25) is 0 Å². The number of carbonyl (C=O) groups excluding carboxylic acids is 1. The van der Waals surface area contributed by atoms with E-state index in [-0.39, 0.29) is 11.7 Å². The van der Waals surface area contributed by atoms with Gasteiger partial charge in [0.05, 0.1) is 20.0 Å². The Morgan fingerprint density at radius 2 is 1.87 bits per heavy atom. The number of nitrogens with zero attached hydrogens (tertiary/aromatic N) is 4. The standard InChI is InChI=1S/C22H21N5O3S/c1-14-5-4-6-16(11-14)23-20(28)13-31-21-10-9-19-24-25-22(27(19)26-21)15-7-8-17(29-2)18(12-15)30-3/h4-12H,13H2,1-3H3,(H,23,28). The van der Waals surface area contributed by atoms with Crippen molar-refractivity contribution < 1.29 is 14.3 Å². The molecule has 4 rings (SSSR count). The van der Waals surface area contributed by atoms with E-state index in [1.165, 1.54) is 11.8 Å². The molecule has 0 unspecified atom stereocenters. The van der Waals surface area contributed by atoms with Gasteiger partial charge in [-0.25, -0.2) is 0 Å².